The van der Waals surface area contributed by atoms with E-state index in [1.165, 1.54) is 4.90 Å². The predicted octanol–water partition coefficient (Wildman–Crippen LogP) is 7.86. The van der Waals surface area contributed by atoms with Gasteiger partial charge in [-0.25, -0.2) is 9.69 Å². The van der Waals surface area contributed by atoms with Crippen LogP contribution in [0.5, 0.6) is 5.75 Å². The van der Waals surface area contributed by atoms with Crippen molar-refractivity contribution in [2.24, 2.45) is 5.92 Å². The molecular weight excluding hydrogens is 486 g/mol. The van der Waals surface area contributed by atoms with Gasteiger partial charge in [-0.1, -0.05) is 117 Å². The molecule has 0 saturated carbocycles. The third-order valence-corrected chi connectivity index (χ3v) is 7.46. The Kier molecular flexibility index (Phi) is 8.07. The molecule has 0 bridgehead atoms. The van der Waals surface area contributed by atoms with Crippen LogP contribution in [0.15, 0.2) is 115 Å². The fourth-order valence-corrected chi connectivity index (χ4v) is 5.42. The first-order chi connectivity index (χ1) is 19.1. The number of carbonyl (C=O) groups is 2. The van der Waals surface area contributed by atoms with E-state index in [0.29, 0.717) is 6.61 Å². The van der Waals surface area contributed by atoms with Crippen molar-refractivity contribution in [2.75, 3.05) is 0 Å². The van der Waals surface area contributed by atoms with E-state index in [9.17, 15) is 9.59 Å². The Balaban J connectivity index is 1.40. The Morgan fingerprint density at radius 1 is 0.846 bits per heavy atom. The third-order valence-electron chi connectivity index (χ3n) is 7.46. The highest BCUT2D eigenvalue weighted by Gasteiger charge is 2.48. The van der Waals surface area contributed by atoms with E-state index in [0.717, 1.165) is 34.4 Å². The molecule has 0 aliphatic carbocycles. The van der Waals surface area contributed by atoms with E-state index in [4.69, 9.17) is 9.47 Å². The predicted molar refractivity (Wildman–Crippen MR) is 151 cm³/mol. The minimum Gasteiger partial charge on any atom is -0.489 e. The Labute approximate surface area is 230 Å². The maximum atomic E-state index is 14.1. The Morgan fingerprint density at radius 3 is 2.10 bits per heavy atom. The minimum atomic E-state index is -0.607. The van der Waals surface area contributed by atoms with Crippen molar-refractivity contribution in [3.05, 3.63) is 138 Å². The summed E-state index contributed by atoms with van der Waals surface area (Å²) >= 11 is 0. The molecule has 198 valence electrons. The second kappa shape index (κ2) is 12.0. The van der Waals surface area contributed by atoms with Crippen LogP contribution in [0.4, 0.5) is 4.79 Å². The number of rotatable bonds is 9. The van der Waals surface area contributed by atoms with Crippen LogP contribution in [0.25, 0.3) is 0 Å². The van der Waals surface area contributed by atoms with Crippen molar-refractivity contribution < 1.29 is 19.1 Å². The average molecular weight is 520 g/mol. The Bertz CT molecular complexity index is 1390. The zero-order chi connectivity index (χ0) is 27.2. The molecule has 1 fully saturated rings. The van der Waals surface area contributed by atoms with Gasteiger partial charge in [0, 0.05) is 5.92 Å². The van der Waals surface area contributed by atoms with Crippen molar-refractivity contribution in [3.63, 3.8) is 0 Å². The first-order valence-corrected chi connectivity index (χ1v) is 13.5. The molecule has 1 heterocycles. The number of amides is 2. The van der Waals surface area contributed by atoms with Crippen molar-refractivity contribution in [2.45, 2.75) is 44.9 Å². The van der Waals surface area contributed by atoms with Gasteiger partial charge >= 0.3 is 6.09 Å². The number of cyclic esters (lactones) is 1. The van der Waals surface area contributed by atoms with Gasteiger partial charge in [-0.05, 0) is 46.7 Å². The summed E-state index contributed by atoms with van der Waals surface area (Å²) < 4.78 is 11.9. The highest BCUT2D eigenvalue weighted by atomic mass is 16.6. The number of benzene rings is 4. The summed E-state index contributed by atoms with van der Waals surface area (Å²) in [5.41, 5.74) is 3.82. The topological polar surface area (TPSA) is 55.8 Å². The molecule has 1 aliphatic heterocycles. The van der Waals surface area contributed by atoms with Crippen LogP contribution >= 0.6 is 0 Å². The van der Waals surface area contributed by atoms with E-state index in [1.54, 1.807) is 0 Å². The van der Waals surface area contributed by atoms with Crippen molar-refractivity contribution in [3.8, 4) is 5.75 Å². The van der Waals surface area contributed by atoms with Gasteiger partial charge in [0.1, 0.15) is 18.4 Å². The average Bonchev–Trinajstić information content (AvgIpc) is 3.34. The lowest BCUT2D eigenvalue weighted by atomic mass is 9.83. The first-order valence-electron chi connectivity index (χ1n) is 13.5. The quantitative estimate of drug-likeness (QED) is 0.226. The second-order valence-electron chi connectivity index (χ2n) is 9.93. The zero-order valence-electron chi connectivity index (χ0n) is 22.3. The van der Waals surface area contributed by atoms with Gasteiger partial charge in [0.15, 0.2) is 6.10 Å². The highest BCUT2D eigenvalue weighted by Crippen LogP contribution is 2.45. The van der Waals surface area contributed by atoms with Crippen molar-refractivity contribution in [1.29, 1.82) is 0 Å². The SMILES string of the molecule is CC[C@@H](c1cccc(OCc2ccccc2)c1)[C@@H](C)C(=O)N1C(=O)O[C@@H](c2ccccc2)[C@H]1c1ccccc1. The molecular formula is C34H33NO4. The largest absolute Gasteiger partial charge is 0.489 e. The summed E-state index contributed by atoms with van der Waals surface area (Å²) in [6.45, 7) is 4.43. The standard InChI is InChI=1S/C34H33NO4/c1-3-30(28-20-13-21-29(22-28)38-23-25-14-7-4-8-15-25)24(2)33(36)35-31(26-16-9-5-10-17-26)32(39-34(35)37)27-18-11-6-12-19-27/h4-22,24,30-32H,3,23H2,1-2H3/t24-,30-,31-,32+/m1/s1. The fraction of sp³-hybridized carbons (Fsp3) is 0.235. The molecule has 5 nitrogen and oxygen atoms in total. The first kappa shape index (κ1) is 26.2. The van der Waals surface area contributed by atoms with Gasteiger partial charge in [0.25, 0.3) is 0 Å². The molecule has 5 heteroatoms. The van der Waals surface area contributed by atoms with Crippen LogP contribution in [0.2, 0.25) is 0 Å². The van der Waals surface area contributed by atoms with Crippen molar-refractivity contribution in [1.82, 2.24) is 4.90 Å². The highest BCUT2D eigenvalue weighted by molar-refractivity contribution is 5.95. The fourth-order valence-electron chi connectivity index (χ4n) is 5.42. The molecule has 5 rings (SSSR count). The summed E-state index contributed by atoms with van der Waals surface area (Å²) in [4.78, 5) is 28.7. The molecule has 4 atom stereocenters. The zero-order valence-corrected chi connectivity index (χ0v) is 22.3. The van der Waals surface area contributed by atoms with Crippen LogP contribution in [-0.2, 0) is 16.1 Å². The van der Waals surface area contributed by atoms with Crippen LogP contribution in [0, 0.1) is 5.92 Å². The summed E-state index contributed by atoms with van der Waals surface area (Å²) in [5, 5.41) is 0. The van der Waals surface area contributed by atoms with E-state index >= 15 is 0 Å². The van der Waals surface area contributed by atoms with Gasteiger partial charge in [0.2, 0.25) is 5.91 Å². The number of ether oxygens (including phenoxy) is 2. The number of imide groups is 1. The smallest absolute Gasteiger partial charge is 0.417 e. The number of hydrogen-bond donors (Lipinski definition) is 0. The molecule has 1 aliphatic rings. The van der Waals surface area contributed by atoms with Gasteiger partial charge in [-0.2, -0.15) is 0 Å². The van der Waals surface area contributed by atoms with E-state index in [-0.39, 0.29) is 11.8 Å². The Morgan fingerprint density at radius 2 is 1.46 bits per heavy atom. The lowest BCUT2D eigenvalue weighted by Gasteiger charge is -2.29. The van der Waals surface area contributed by atoms with Crippen LogP contribution < -0.4 is 4.74 Å². The minimum absolute atomic E-state index is 0.0993. The summed E-state index contributed by atoms with van der Waals surface area (Å²) in [5.74, 6) is -0.0403. The third kappa shape index (κ3) is 5.73. The van der Waals surface area contributed by atoms with Crippen LogP contribution in [0.3, 0.4) is 0 Å². The molecule has 1 saturated heterocycles. The molecule has 4 aromatic carbocycles. The van der Waals surface area contributed by atoms with Crippen LogP contribution in [0.1, 0.15) is 60.6 Å². The second-order valence-corrected chi connectivity index (χ2v) is 9.93. The summed E-state index contributed by atoms with van der Waals surface area (Å²) in [6, 6.07) is 36.6. The normalized spacial score (nSPS) is 18.3. The molecule has 0 radical (unpaired) electrons. The maximum absolute atomic E-state index is 14.1. The molecule has 0 aromatic heterocycles. The number of hydrogen-bond acceptors (Lipinski definition) is 4. The van der Waals surface area contributed by atoms with E-state index < -0.39 is 24.2 Å². The molecule has 4 aromatic rings. The lowest BCUT2D eigenvalue weighted by Crippen LogP contribution is -2.39. The molecule has 39 heavy (non-hydrogen) atoms. The molecule has 2 amide bonds. The number of carbonyl (C=O) groups excluding carboxylic acids is 2. The van der Waals surface area contributed by atoms with Crippen LogP contribution in [-0.4, -0.2) is 16.9 Å². The molecule has 0 spiro atoms. The van der Waals surface area contributed by atoms with Gasteiger partial charge in [-0.3, -0.25) is 4.79 Å². The van der Waals surface area contributed by atoms with E-state index in [1.807, 2.05) is 122 Å². The Hall–Kier alpha value is -4.38. The van der Waals surface area contributed by atoms with Crippen molar-refractivity contribution >= 4 is 12.0 Å². The maximum Gasteiger partial charge on any atom is 0.417 e. The molecule has 0 unspecified atom stereocenters. The monoisotopic (exact) mass is 519 g/mol. The summed E-state index contributed by atoms with van der Waals surface area (Å²) in [6.07, 6.45) is -0.452. The number of nitrogens with zero attached hydrogens (tertiary/aromatic N) is 1. The van der Waals surface area contributed by atoms with Gasteiger partial charge in [-0.15, -0.1) is 0 Å². The van der Waals surface area contributed by atoms with E-state index in [2.05, 4.69) is 6.92 Å². The molecule has 0 N–H and O–H groups in total. The van der Waals surface area contributed by atoms with Gasteiger partial charge in [0.05, 0.1) is 0 Å². The van der Waals surface area contributed by atoms with Gasteiger partial charge < -0.3 is 9.47 Å². The lowest BCUT2D eigenvalue weighted by molar-refractivity contribution is -0.134. The summed E-state index contributed by atoms with van der Waals surface area (Å²) in [7, 11) is 0.